The molecule has 0 aliphatic carbocycles. The molecule has 1 fully saturated rings. The van der Waals surface area contributed by atoms with E-state index in [9.17, 15) is 4.79 Å². The predicted molar refractivity (Wildman–Crippen MR) is 72.3 cm³/mol. The first-order valence-electron chi connectivity index (χ1n) is 6.48. The van der Waals surface area contributed by atoms with E-state index >= 15 is 0 Å². The van der Waals surface area contributed by atoms with Crippen molar-refractivity contribution in [2.24, 2.45) is 5.73 Å². The van der Waals surface area contributed by atoms with Gasteiger partial charge in [0.2, 0.25) is 5.91 Å². The molecule has 18 heavy (non-hydrogen) atoms. The van der Waals surface area contributed by atoms with E-state index in [2.05, 4.69) is 16.3 Å². The van der Waals surface area contributed by atoms with Crippen molar-refractivity contribution < 1.29 is 4.79 Å². The van der Waals surface area contributed by atoms with Gasteiger partial charge in [0.05, 0.1) is 0 Å². The Morgan fingerprint density at radius 2 is 2.39 bits per heavy atom. The number of nitrogens with zero attached hydrogens (tertiary/aromatic N) is 1. The van der Waals surface area contributed by atoms with Gasteiger partial charge in [0.15, 0.2) is 0 Å². The van der Waals surface area contributed by atoms with Gasteiger partial charge in [-0.15, -0.1) is 0 Å². The molecular weight excluding hydrogens is 226 g/mol. The molecule has 4 nitrogen and oxygen atoms in total. The summed E-state index contributed by atoms with van der Waals surface area (Å²) in [5.41, 5.74) is 7.06. The molecule has 0 saturated carbocycles. The van der Waals surface area contributed by atoms with Crippen LogP contribution in [0.15, 0.2) is 24.3 Å². The lowest BCUT2D eigenvalue weighted by Crippen LogP contribution is -2.36. The molecule has 1 aromatic rings. The van der Waals surface area contributed by atoms with Crippen LogP contribution in [-0.4, -0.2) is 37.0 Å². The van der Waals surface area contributed by atoms with Crippen LogP contribution in [0.25, 0.3) is 0 Å². The maximum Gasteiger partial charge on any atom is 0.248 e. The lowest BCUT2D eigenvalue weighted by Gasteiger charge is -2.24. The highest BCUT2D eigenvalue weighted by atomic mass is 16.1. The fourth-order valence-electron chi connectivity index (χ4n) is 2.63. The molecule has 1 saturated heterocycles. The number of likely N-dealkylation sites (N-methyl/N-ethyl adjacent to an activating group) is 1. The van der Waals surface area contributed by atoms with Crippen molar-refractivity contribution in [1.82, 2.24) is 10.2 Å². The zero-order valence-electron chi connectivity index (χ0n) is 10.9. The van der Waals surface area contributed by atoms with E-state index in [0.717, 1.165) is 25.2 Å². The number of likely N-dealkylation sites (tertiary alicyclic amines) is 1. The van der Waals surface area contributed by atoms with Crippen LogP contribution in [0, 0.1) is 0 Å². The first kappa shape index (κ1) is 13.1. The second-order valence-corrected chi connectivity index (χ2v) is 4.89. The standard InChI is InChI=1S/C14H21N3O/c1-16-9-13-6-3-7-17(13)10-11-4-2-5-12(8-11)14(15)18/h2,4-5,8,13,16H,3,6-7,9-10H2,1H3,(H2,15,18). The lowest BCUT2D eigenvalue weighted by atomic mass is 10.1. The zero-order chi connectivity index (χ0) is 13.0. The number of carbonyl (C=O) groups excluding carboxylic acids is 1. The first-order chi connectivity index (χ1) is 8.70. The molecule has 98 valence electrons. The number of carbonyl (C=O) groups is 1. The van der Waals surface area contributed by atoms with Crippen molar-refractivity contribution in [3.05, 3.63) is 35.4 Å². The van der Waals surface area contributed by atoms with Crippen molar-refractivity contribution in [2.75, 3.05) is 20.1 Å². The fraction of sp³-hybridized carbons (Fsp3) is 0.500. The summed E-state index contributed by atoms with van der Waals surface area (Å²) in [5.74, 6) is -0.356. The van der Waals surface area contributed by atoms with E-state index in [0.29, 0.717) is 11.6 Å². The van der Waals surface area contributed by atoms with Crippen molar-refractivity contribution in [3.8, 4) is 0 Å². The average Bonchev–Trinajstić information content (AvgIpc) is 2.77. The van der Waals surface area contributed by atoms with Crippen LogP contribution in [0.2, 0.25) is 0 Å². The van der Waals surface area contributed by atoms with E-state index in [1.165, 1.54) is 12.8 Å². The number of hydrogen-bond acceptors (Lipinski definition) is 3. The number of rotatable bonds is 5. The number of benzene rings is 1. The molecule has 1 aliphatic rings. The van der Waals surface area contributed by atoms with Crippen LogP contribution in [0.5, 0.6) is 0 Å². The summed E-state index contributed by atoms with van der Waals surface area (Å²) < 4.78 is 0. The third-order valence-corrected chi connectivity index (χ3v) is 3.54. The number of hydrogen-bond donors (Lipinski definition) is 2. The van der Waals surface area contributed by atoms with E-state index in [-0.39, 0.29) is 5.91 Å². The first-order valence-corrected chi connectivity index (χ1v) is 6.48. The van der Waals surface area contributed by atoms with Crippen molar-refractivity contribution in [1.29, 1.82) is 0 Å². The minimum atomic E-state index is -0.356. The Labute approximate surface area is 108 Å². The van der Waals surface area contributed by atoms with Gasteiger partial charge in [-0.3, -0.25) is 9.69 Å². The molecular formula is C14H21N3O. The molecule has 3 N–H and O–H groups in total. The number of nitrogens with one attached hydrogen (secondary N) is 1. The molecule has 0 aromatic heterocycles. The van der Waals surface area contributed by atoms with Crippen LogP contribution in [0.4, 0.5) is 0 Å². The molecule has 2 rings (SSSR count). The van der Waals surface area contributed by atoms with Crippen LogP contribution in [-0.2, 0) is 6.54 Å². The second-order valence-electron chi connectivity index (χ2n) is 4.89. The largest absolute Gasteiger partial charge is 0.366 e. The van der Waals surface area contributed by atoms with Gasteiger partial charge >= 0.3 is 0 Å². The van der Waals surface area contributed by atoms with Crippen LogP contribution in [0.1, 0.15) is 28.8 Å². The van der Waals surface area contributed by atoms with E-state index in [1.807, 2.05) is 19.2 Å². The summed E-state index contributed by atoms with van der Waals surface area (Å²) in [5, 5.41) is 3.24. The third kappa shape index (κ3) is 3.09. The Bertz CT molecular complexity index is 419. The topological polar surface area (TPSA) is 58.4 Å². The number of nitrogens with two attached hydrogens (primary N) is 1. The Morgan fingerprint density at radius 3 is 3.11 bits per heavy atom. The highest BCUT2D eigenvalue weighted by molar-refractivity contribution is 5.92. The maximum absolute atomic E-state index is 11.2. The summed E-state index contributed by atoms with van der Waals surface area (Å²) in [7, 11) is 1.99. The summed E-state index contributed by atoms with van der Waals surface area (Å²) in [4.78, 5) is 13.6. The molecule has 0 bridgehead atoms. The molecule has 0 radical (unpaired) electrons. The lowest BCUT2D eigenvalue weighted by molar-refractivity contribution is 0.1000. The molecule has 1 unspecified atom stereocenters. The molecule has 1 amide bonds. The highest BCUT2D eigenvalue weighted by Gasteiger charge is 2.23. The highest BCUT2D eigenvalue weighted by Crippen LogP contribution is 2.19. The van der Waals surface area contributed by atoms with Gasteiger partial charge in [-0.1, -0.05) is 12.1 Å². The third-order valence-electron chi connectivity index (χ3n) is 3.54. The summed E-state index contributed by atoms with van der Waals surface area (Å²) in [6.45, 7) is 3.05. The van der Waals surface area contributed by atoms with Gasteiger partial charge in [0.25, 0.3) is 0 Å². The van der Waals surface area contributed by atoms with E-state index < -0.39 is 0 Å². The van der Waals surface area contributed by atoms with Gasteiger partial charge in [0, 0.05) is 24.7 Å². The summed E-state index contributed by atoms with van der Waals surface area (Å²) in [6.07, 6.45) is 2.50. The normalized spacial score (nSPS) is 20.2. The van der Waals surface area contributed by atoms with Gasteiger partial charge in [-0.25, -0.2) is 0 Å². The zero-order valence-corrected chi connectivity index (χ0v) is 10.9. The SMILES string of the molecule is CNCC1CCCN1Cc1cccc(C(N)=O)c1. The average molecular weight is 247 g/mol. The Hall–Kier alpha value is -1.39. The molecule has 1 aromatic carbocycles. The monoisotopic (exact) mass is 247 g/mol. The predicted octanol–water partition coefficient (Wildman–Crippen LogP) is 0.969. The maximum atomic E-state index is 11.2. The number of primary amides is 1. The van der Waals surface area contributed by atoms with Gasteiger partial charge in [0.1, 0.15) is 0 Å². The minimum Gasteiger partial charge on any atom is -0.366 e. The fourth-order valence-corrected chi connectivity index (χ4v) is 2.63. The van der Waals surface area contributed by atoms with E-state index in [1.54, 1.807) is 6.07 Å². The summed E-state index contributed by atoms with van der Waals surface area (Å²) >= 11 is 0. The molecule has 1 atom stereocenters. The van der Waals surface area contributed by atoms with Gasteiger partial charge in [-0.05, 0) is 44.1 Å². The van der Waals surface area contributed by atoms with Crippen LogP contribution in [0.3, 0.4) is 0 Å². The van der Waals surface area contributed by atoms with Crippen LogP contribution < -0.4 is 11.1 Å². The smallest absolute Gasteiger partial charge is 0.248 e. The molecule has 1 heterocycles. The van der Waals surface area contributed by atoms with Crippen molar-refractivity contribution in [2.45, 2.75) is 25.4 Å². The minimum absolute atomic E-state index is 0.356. The van der Waals surface area contributed by atoms with Crippen molar-refractivity contribution >= 4 is 5.91 Å². The second kappa shape index (κ2) is 5.98. The molecule has 1 aliphatic heterocycles. The number of amides is 1. The quantitative estimate of drug-likeness (QED) is 0.815. The molecule has 4 heteroatoms. The summed E-state index contributed by atoms with van der Waals surface area (Å²) in [6, 6.07) is 8.23. The molecule has 0 spiro atoms. The Morgan fingerprint density at radius 1 is 1.56 bits per heavy atom. The Kier molecular flexibility index (Phi) is 4.33. The van der Waals surface area contributed by atoms with Gasteiger partial charge < -0.3 is 11.1 Å². The van der Waals surface area contributed by atoms with Crippen LogP contribution >= 0.6 is 0 Å². The van der Waals surface area contributed by atoms with Crippen molar-refractivity contribution in [3.63, 3.8) is 0 Å². The Balaban J connectivity index is 2.04. The van der Waals surface area contributed by atoms with Gasteiger partial charge in [-0.2, -0.15) is 0 Å². The van der Waals surface area contributed by atoms with E-state index in [4.69, 9.17) is 5.73 Å².